The second-order valence-corrected chi connectivity index (χ2v) is 10.1. The largest absolute Gasteiger partial charge is 0.484 e. The van der Waals surface area contributed by atoms with Crippen LogP contribution in [0.3, 0.4) is 0 Å². The first-order chi connectivity index (χ1) is 21.0. The van der Waals surface area contributed by atoms with Gasteiger partial charge in [0.1, 0.15) is 23.3 Å². The topological polar surface area (TPSA) is 123 Å². The van der Waals surface area contributed by atoms with Crippen LogP contribution in [0.4, 0.5) is 17.1 Å². The number of para-hydroxylation sites is 2. The highest BCUT2D eigenvalue weighted by molar-refractivity contribution is 7.80. The van der Waals surface area contributed by atoms with Gasteiger partial charge in [-0.05, 0) is 78.9 Å². The molecule has 10 nitrogen and oxygen atoms in total. The SMILES string of the molecule is O=C(COc1ccccc1)Nc1ccc(N2C(=S)N[C@@H](c3ccccn3)[C@@H]2c2ccc(-c3ccccc3[N+](=O)[O-])o2)cc1. The summed E-state index contributed by atoms with van der Waals surface area (Å²) in [6, 6.07) is 31.2. The van der Waals surface area contributed by atoms with Gasteiger partial charge in [-0.2, -0.15) is 0 Å². The van der Waals surface area contributed by atoms with E-state index in [9.17, 15) is 14.9 Å². The minimum absolute atomic E-state index is 0.0478. The third-order valence-corrected chi connectivity index (χ3v) is 7.24. The van der Waals surface area contributed by atoms with E-state index >= 15 is 0 Å². The number of aromatic nitrogens is 1. The number of nitro benzene ring substituents is 1. The summed E-state index contributed by atoms with van der Waals surface area (Å²) in [6.45, 7) is -0.125. The van der Waals surface area contributed by atoms with Crippen LogP contribution in [0.2, 0.25) is 0 Å². The molecule has 3 heterocycles. The molecule has 0 spiro atoms. The number of carbonyl (C=O) groups excluding carboxylic acids is 1. The van der Waals surface area contributed by atoms with E-state index in [0.29, 0.717) is 33.6 Å². The molecule has 214 valence electrons. The molecule has 0 aliphatic carbocycles. The standard InChI is InChI=1S/C32H25N5O5S/c38-29(20-41-23-8-2-1-3-9-23)34-21-13-15-22(16-14-21)36-31(30(35-32(36)43)25-11-6-7-19-33-25)28-18-17-27(42-28)24-10-4-5-12-26(24)37(39)40/h1-19,30-31H,20H2,(H,34,38)(H,35,43)/t30-,31-/m0/s1. The highest BCUT2D eigenvalue weighted by atomic mass is 32.1. The number of nitro groups is 1. The Morgan fingerprint density at radius 3 is 2.47 bits per heavy atom. The number of hydrogen-bond acceptors (Lipinski definition) is 7. The summed E-state index contributed by atoms with van der Waals surface area (Å²) in [5.74, 6) is 1.24. The number of nitrogens with one attached hydrogen (secondary N) is 2. The van der Waals surface area contributed by atoms with Crippen LogP contribution in [0.1, 0.15) is 23.5 Å². The molecular formula is C32H25N5O5S. The molecule has 5 aromatic rings. The van der Waals surface area contributed by atoms with Gasteiger partial charge in [0.2, 0.25) is 0 Å². The van der Waals surface area contributed by atoms with E-state index in [1.165, 1.54) is 6.07 Å². The summed E-state index contributed by atoms with van der Waals surface area (Å²) in [4.78, 5) is 30.2. The first kappa shape index (κ1) is 27.6. The van der Waals surface area contributed by atoms with Gasteiger partial charge in [-0.1, -0.05) is 36.4 Å². The van der Waals surface area contributed by atoms with Crippen molar-refractivity contribution >= 4 is 40.3 Å². The molecule has 11 heteroatoms. The molecule has 0 unspecified atom stereocenters. The Morgan fingerprint density at radius 2 is 1.72 bits per heavy atom. The Morgan fingerprint density at radius 1 is 0.977 bits per heavy atom. The number of nitrogens with zero attached hydrogens (tertiary/aromatic N) is 3. The number of anilines is 2. The number of amides is 1. The van der Waals surface area contributed by atoms with Gasteiger partial charge < -0.3 is 24.7 Å². The molecule has 2 atom stereocenters. The minimum Gasteiger partial charge on any atom is -0.484 e. The van der Waals surface area contributed by atoms with Crippen molar-refractivity contribution in [3.05, 3.63) is 137 Å². The maximum absolute atomic E-state index is 12.5. The third kappa shape index (κ3) is 5.92. The summed E-state index contributed by atoms with van der Waals surface area (Å²) in [6.07, 6.45) is 1.71. The first-order valence-electron chi connectivity index (χ1n) is 13.4. The monoisotopic (exact) mass is 591 g/mol. The van der Waals surface area contributed by atoms with Crippen molar-refractivity contribution in [3.63, 3.8) is 0 Å². The van der Waals surface area contributed by atoms with E-state index in [-0.39, 0.29) is 24.2 Å². The van der Waals surface area contributed by atoms with Gasteiger partial charge in [-0.25, -0.2) is 0 Å². The molecule has 2 N–H and O–H groups in total. The Kier molecular flexibility index (Phi) is 7.79. The van der Waals surface area contributed by atoms with E-state index in [2.05, 4.69) is 15.6 Å². The lowest BCUT2D eigenvalue weighted by molar-refractivity contribution is -0.384. The molecule has 6 rings (SSSR count). The molecule has 43 heavy (non-hydrogen) atoms. The Bertz CT molecular complexity index is 1760. The van der Waals surface area contributed by atoms with Crippen molar-refractivity contribution in [2.24, 2.45) is 0 Å². The summed E-state index contributed by atoms with van der Waals surface area (Å²) < 4.78 is 11.8. The van der Waals surface area contributed by atoms with Crippen LogP contribution < -0.4 is 20.3 Å². The molecule has 0 radical (unpaired) electrons. The van der Waals surface area contributed by atoms with E-state index < -0.39 is 11.0 Å². The average molecular weight is 592 g/mol. The van der Waals surface area contributed by atoms with Gasteiger partial charge in [0.25, 0.3) is 11.6 Å². The third-order valence-electron chi connectivity index (χ3n) is 6.92. The van der Waals surface area contributed by atoms with Gasteiger partial charge in [-0.3, -0.25) is 19.9 Å². The zero-order chi connectivity index (χ0) is 29.8. The van der Waals surface area contributed by atoms with Crippen LogP contribution in [-0.2, 0) is 4.79 Å². The predicted octanol–water partition coefficient (Wildman–Crippen LogP) is 6.44. The molecule has 1 aliphatic heterocycles. The summed E-state index contributed by atoms with van der Waals surface area (Å²) in [5.41, 5.74) is 2.43. The summed E-state index contributed by atoms with van der Waals surface area (Å²) >= 11 is 5.79. The Balaban J connectivity index is 1.27. The second-order valence-electron chi connectivity index (χ2n) is 9.67. The van der Waals surface area contributed by atoms with Gasteiger partial charge in [0, 0.05) is 23.6 Å². The quantitative estimate of drug-likeness (QED) is 0.113. The number of ether oxygens (including phenoxy) is 1. The Hall–Kier alpha value is -5.55. The molecule has 1 aliphatic rings. The van der Waals surface area contributed by atoms with Crippen molar-refractivity contribution in [2.75, 3.05) is 16.8 Å². The molecule has 1 amide bonds. The van der Waals surface area contributed by atoms with Crippen molar-refractivity contribution in [3.8, 4) is 17.1 Å². The Labute approximate surface area is 252 Å². The van der Waals surface area contributed by atoms with E-state index in [1.807, 2.05) is 53.4 Å². The number of rotatable bonds is 9. The molecule has 1 fully saturated rings. The molecule has 0 saturated carbocycles. The number of pyridine rings is 1. The average Bonchev–Trinajstić information content (AvgIpc) is 3.66. The normalized spacial score (nSPS) is 16.0. The number of benzene rings is 3. The van der Waals surface area contributed by atoms with Crippen molar-refractivity contribution in [1.29, 1.82) is 0 Å². The summed E-state index contributed by atoms with van der Waals surface area (Å²) in [5, 5.41) is 18.3. The zero-order valence-corrected chi connectivity index (χ0v) is 23.4. The number of hydrogen-bond donors (Lipinski definition) is 2. The van der Waals surface area contributed by atoms with Crippen LogP contribution in [0, 0.1) is 10.1 Å². The number of carbonyl (C=O) groups is 1. The highest BCUT2D eigenvalue weighted by Crippen LogP contribution is 2.43. The molecular weight excluding hydrogens is 566 g/mol. The molecule has 1 saturated heterocycles. The molecule has 0 bridgehead atoms. The highest BCUT2D eigenvalue weighted by Gasteiger charge is 2.42. The van der Waals surface area contributed by atoms with Gasteiger partial charge in [-0.15, -0.1) is 0 Å². The van der Waals surface area contributed by atoms with Crippen molar-refractivity contribution in [1.82, 2.24) is 10.3 Å². The van der Waals surface area contributed by atoms with E-state index in [4.69, 9.17) is 21.4 Å². The maximum Gasteiger partial charge on any atom is 0.280 e. The van der Waals surface area contributed by atoms with E-state index in [1.54, 1.807) is 60.8 Å². The van der Waals surface area contributed by atoms with Crippen LogP contribution in [-0.4, -0.2) is 27.5 Å². The lowest BCUT2D eigenvalue weighted by atomic mass is 10.0. The predicted molar refractivity (Wildman–Crippen MR) is 166 cm³/mol. The maximum atomic E-state index is 12.5. The smallest absolute Gasteiger partial charge is 0.280 e. The van der Waals surface area contributed by atoms with Crippen LogP contribution >= 0.6 is 12.2 Å². The molecule has 3 aromatic carbocycles. The van der Waals surface area contributed by atoms with Crippen molar-refractivity contribution in [2.45, 2.75) is 12.1 Å². The molecule has 2 aromatic heterocycles. The fraction of sp³-hybridized carbons (Fsp3) is 0.0938. The first-order valence-corrected chi connectivity index (χ1v) is 13.8. The lowest BCUT2D eigenvalue weighted by Gasteiger charge is -2.26. The fourth-order valence-electron chi connectivity index (χ4n) is 4.99. The van der Waals surface area contributed by atoms with Crippen LogP contribution in [0.5, 0.6) is 5.75 Å². The summed E-state index contributed by atoms with van der Waals surface area (Å²) in [7, 11) is 0. The van der Waals surface area contributed by atoms with Crippen LogP contribution in [0.15, 0.2) is 120 Å². The zero-order valence-electron chi connectivity index (χ0n) is 22.6. The second kappa shape index (κ2) is 12.1. The lowest BCUT2D eigenvalue weighted by Crippen LogP contribution is -2.29. The van der Waals surface area contributed by atoms with E-state index in [0.717, 1.165) is 11.4 Å². The van der Waals surface area contributed by atoms with Crippen LogP contribution in [0.25, 0.3) is 11.3 Å². The van der Waals surface area contributed by atoms with Gasteiger partial charge in [0.15, 0.2) is 11.7 Å². The van der Waals surface area contributed by atoms with Gasteiger partial charge in [0.05, 0.1) is 22.2 Å². The van der Waals surface area contributed by atoms with Crippen molar-refractivity contribution < 1.29 is 18.9 Å². The fourth-order valence-corrected chi connectivity index (χ4v) is 5.33. The van der Waals surface area contributed by atoms with Gasteiger partial charge >= 0.3 is 0 Å². The number of thiocarbonyl (C=S) groups is 1. The number of furan rings is 1. The minimum atomic E-state index is -0.460.